The summed E-state index contributed by atoms with van der Waals surface area (Å²) in [7, 11) is 3.43. The Balaban J connectivity index is 1.51. The fourth-order valence-electron chi connectivity index (χ4n) is 5.19. The molecule has 0 aliphatic heterocycles. The lowest BCUT2D eigenvalue weighted by Gasteiger charge is -2.24. The Morgan fingerprint density at radius 3 is 1.88 bits per heavy atom. The Morgan fingerprint density at radius 2 is 1.24 bits per heavy atom. The minimum Gasteiger partial charge on any atom is -0.383 e. The number of fused-ring (bicyclic) bond motifs is 2. The van der Waals surface area contributed by atoms with Gasteiger partial charge in [-0.05, 0) is 74.5 Å². The standard InChI is InChI=1S/C34H39N6O2/c1-5-38(6-2)29-15-17-33-31(25-29)34(40-18-8-7-9-19-40)30-24-27(12-16-32(30)35-33)37-36-26-10-13-28(14-11-26)39(20-22-41-3)21-23-42-4/h7-19,24-25H,5-6,20-23H2,1-4H3/q+1. The highest BCUT2D eigenvalue weighted by atomic mass is 16.5. The van der Waals surface area contributed by atoms with E-state index >= 15 is 0 Å². The molecule has 0 saturated heterocycles. The molecule has 8 heteroatoms. The Bertz CT molecular complexity index is 1630. The molecule has 5 rings (SSSR count). The van der Waals surface area contributed by atoms with Crippen LogP contribution in [-0.2, 0) is 9.47 Å². The maximum Gasteiger partial charge on any atom is 0.229 e. The lowest BCUT2D eigenvalue weighted by molar-refractivity contribution is -0.592. The van der Waals surface area contributed by atoms with Crippen LogP contribution in [0.25, 0.3) is 27.5 Å². The molecule has 0 bridgehead atoms. The minimum absolute atomic E-state index is 0.650. The van der Waals surface area contributed by atoms with Crippen LogP contribution >= 0.6 is 0 Å². The SMILES string of the molecule is CCN(CC)c1ccc2nc3ccc(N=Nc4ccc(N(CCOC)CCOC)cc4)cc3c(-[n+]3ccccc3)c2c1. The molecule has 0 N–H and O–H groups in total. The molecule has 0 atom stereocenters. The van der Waals surface area contributed by atoms with Gasteiger partial charge in [-0.25, -0.2) is 4.98 Å². The average Bonchev–Trinajstić information content (AvgIpc) is 3.04. The Kier molecular flexibility index (Phi) is 9.69. The van der Waals surface area contributed by atoms with Crippen molar-refractivity contribution in [1.29, 1.82) is 0 Å². The van der Waals surface area contributed by atoms with Gasteiger partial charge in [0.1, 0.15) is 0 Å². The van der Waals surface area contributed by atoms with E-state index in [-0.39, 0.29) is 0 Å². The lowest BCUT2D eigenvalue weighted by atomic mass is 10.1. The van der Waals surface area contributed by atoms with E-state index in [1.807, 2.05) is 42.5 Å². The summed E-state index contributed by atoms with van der Waals surface area (Å²) >= 11 is 0. The normalized spacial score (nSPS) is 11.5. The summed E-state index contributed by atoms with van der Waals surface area (Å²) in [5, 5.41) is 11.3. The Morgan fingerprint density at radius 1 is 0.667 bits per heavy atom. The molecule has 0 aliphatic carbocycles. The van der Waals surface area contributed by atoms with Crippen LogP contribution in [0.5, 0.6) is 0 Å². The van der Waals surface area contributed by atoms with Crippen molar-refractivity contribution in [3.05, 3.63) is 91.3 Å². The number of benzene rings is 3. The van der Waals surface area contributed by atoms with E-state index in [1.54, 1.807) is 14.2 Å². The number of ether oxygens (including phenoxy) is 2. The molecule has 5 aromatic rings. The second-order valence-corrected chi connectivity index (χ2v) is 10.0. The first-order valence-electron chi connectivity index (χ1n) is 14.5. The van der Waals surface area contributed by atoms with Crippen LogP contribution in [0.1, 0.15) is 13.8 Å². The van der Waals surface area contributed by atoms with Crippen molar-refractivity contribution in [2.75, 3.05) is 63.4 Å². The molecule has 0 unspecified atom stereocenters. The molecular weight excluding hydrogens is 524 g/mol. The average molecular weight is 564 g/mol. The van der Waals surface area contributed by atoms with Gasteiger partial charge in [-0.2, -0.15) is 14.8 Å². The summed E-state index contributed by atoms with van der Waals surface area (Å²) < 4.78 is 12.7. The number of methoxy groups -OCH3 is 2. The maximum absolute atomic E-state index is 5.28. The van der Waals surface area contributed by atoms with Crippen LogP contribution < -0.4 is 14.4 Å². The molecule has 42 heavy (non-hydrogen) atoms. The van der Waals surface area contributed by atoms with Crippen molar-refractivity contribution in [3.63, 3.8) is 0 Å². The number of azo groups is 1. The number of nitrogens with zero attached hydrogens (tertiary/aromatic N) is 6. The number of anilines is 2. The van der Waals surface area contributed by atoms with Crippen molar-refractivity contribution >= 4 is 44.6 Å². The van der Waals surface area contributed by atoms with Crippen LogP contribution in [-0.4, -0.2) is 58.6 Å². The largest absolute Gasteiger partial charge is 0.383 e. The van der Waals surface area contributed by atoms with E-state index in [0.717, 1.165) is 70.7 Å². The van der Waals surface area contributed by atoms with Crippen molar-refractivity contribution in [2.45, 2.75) is 13.8 Å². The third kappa shape index (κ3) is 6.56. The van der Waals surface area contributed by atoms with E-state index in [2.05, 4.69) is 87.2 Å². The fourth-order valence-corrected chi connectivity index (χ4v) is 5.19. The van der Waals surface area contributed by atoms with Crippen molar-refractivity contribution in [2.24, 2.45) is 10.2 Å². The van der Waals surface area contributed by atoms with Gasteiger partial charge >= 0.3 is 0 Å². The van der Waals surface area contributed by atoms with Gasteiger partial charge in [0.2, 0.25) is 5.69 Å². The zero-order chi connectivity index (χ0) is 29.3. The molecule has 2 heterocycles. The molecular formula is C34H39N6O2+. The minimum atomic E-state index is 0.650. The Hall–Kier alpha value is -4.40. The van der Waals surface area contributed by atoms with Crippen LogP contribution in [0.2, 0.25) is 0 Å². The molecule has 0 fully saturated rings. The van der Waals surface area contributed by atoms with Crippen LogP contribution in [0, 0.1) is 0 Å². The first-order valence-corrected chi connectivity index (χ1v) is 14.5. The van der Waals surface area contributed by atoms with Gasteiger partial charge in [-0.15, -0.1) is 0 Å². The number of rotatable bonds is 13. The van der Waals surface area contributed by atoms with Gasteiger partial charge in [0.25, 0.3) is 0 Å². The fraction of sp³-hybridized carbons (Fsp3) is 0.294. The summed E-state index contributed by atoms with van der Waals surface area (Å²) in [4.78, 5) is 9.61. The number of hydrogen-bond acceptors (Lipinski definition) is 7. The Labute approximate surface area is 247 Å². The molecule has 0 amide bonds. The predicted octanol–water partition coefficient (Wildman–Crippen LogP) is 7.03. The second-order valence-electron chi connectivity index (χ2n) is 10.0. The number of hydrogen-bond donors (Lipinski definition) is 0. The van der Waals surface area contributed by atoms with Gasteiger partial charge in [-0.3, -0.25) is 0 Å². The molecule has 0 aliphatic rings. The smallest absolute Gasteiger partial charge is 0.229 e. The maximum atomic E-state index is 5.28. The summed E-state index contributed by atoms with van der Waals surface area (Å²) in [6.07, 6.45) is 4.16. The zero-order valence-corrected chi connectivity index (χ0v) is 24.9. The van der Waals surface area contributed by atoms with E-state index in [1.165, 1.54) is 5.69 Å². The molecule has 3 aromatic carbocycles. The zero-order valence-electron chi connectivity index (χ0n) is 24.9. The second kappa shape index (κ2) is 14.0. The summed E-state index contributed by atoms with van der Waals surface area (Å²) in [5.41, 5.74) is 6.80. The van der Waals surface area contributed by atoms with Gasteiger partial charge in [0.05, 0.1) is 46.4 Å². The molecule has 2 aromatic heterocycles. The van der Waals surface area contributed by atoms with Crippen LogP contribution in [0.15, 0.2) is 101 Å². The third-order valence-electron chi connectivity index (χ3n) is 7.44. The van der Waals surface area contributed by atoms with Crippen molar-refractivity contribution in [1.82, 2.24) is 4.98 Å². The summed E-state index contributed by atoms with van der Waals surface area (Å²) in [5.74, 6) is 0. The van der Waals surface area contributed by atoms with Crippen molar-refractivity contribution < 1.29 is 14.0 Å². The first kappa shape index (κ1) is 29.1. The predicted molar refractivity (Wildman–Crippen MR) is 171 cm³/mol. The van der Waals surface area contributed by atoms with Crippen LogP contribution in [0.4, 0.5) is 22.7 Å². The lowest BCUT2D eigenvalue weighted by Crippen LogP contribution is -2.30. The number of pyridine rings is 2. The van der Waals surface area contributed by atoms with Gasteiger partial charge < -0.3 is 19.3 Å². The van der Waals surface area contributed by atoms with Gasteiger partial charge in [0.15, 0.2) is 12.4 Å². The third-order valence-corrected chi connectivity index (χ3v) is 7.44. The molecule has 8 nitrogen and oxygen atoms in total. The van der Waals surface area contributed by atoms with Crippen molar-refractivity contribution in [3.8, 4) is 5.69 Å². The summed E-state index contributed by atoms with van der Waals surface area (Å²) in [6.45, 7) is 9.14. The number of aromatic nitrogens is 2. The van der Waals surface area contributed by atoms with Gasteiger partial charge in [-0.1, -0.05) is 6.07 Å². The molecule has 216 valence electrons. The quantitative estimate of drug-likeness (QED) is 0.0875. The highest BCUT2D eigenvalue weighted by molar-refractivity contribution is 6.03. The van der Waals surface area contributed by atoms with Crippen LogP contribution in [0.3, 0.4) is 0 Å². The molecule has 0 spiro atoms. The summed E-state index contributed by atoms with van der Waals surface area (Å²) in [6, 6.07) is 26.8. The van der Waals surface area contributed by atoms with E-state index < -0.39 is 0 Å². The van der Waals surface area contributed by atoms with E-state index in [9.17, 15) is 0 Å². The topological polar surface area (TPSA) is 66.4 Å². The van der Waals surface area contributed by atoms with E-state index in [4.69, 9.17) is 14.5 Å². The first-order chi connectivity index (χ1) is 20.6. The highest BCUT2D eigenvalue weighted by Crippen LogP contribution is 2.32. The van der Waals surface area contributed by atoms with Gasteiger partial charge in [0, 0.05) is 63.9 Å². The molecule has 0 saturated carbocycles. The van der Waals surface area contributed by atoms with E-state index in [0.29, 0.717) is 13.2 Å². The monoisotopic (exact) mass is 563 g/mol. The highest BCUT2D eigenvalue weighted by Gasteiger charge is 2.19. The molecule has 0 radical (unpaired) electrons.